The van der Waals surface area contributed by atoms with Gasteiger partial charge in [-0.15, -0.1) is 5.10 Å². The van der Waals surface area contributed by atoms with Crippen LogP contribution in [0.25, 0.3) is 11.3 Å². The number of nitrogens with one attached hydrogen (secondary N) is 1. The van der Waals surface area contributed by atoms with E-state index in [0.717, 1.165) is 36.4 Å². The number of fused-ring (bicyclic) bond motifs is 1. The van der Waals surface area contributed by atoms with Gasteiger partial charge in [0.05, 0.1) is 24.3 Å². The Morgan fingerprint density at radius 1 is 1.03 bits per heavy atom. The summed E-state index contributed by atoms with van der Waals surface area (Å²) in [5.41, 5.74) is 1.93. The molecule has 1 saturated heterocycles. The van der Waals surface area contributed by atoms with Gasteiger partial charge in [-0.2, -0.15) is 4.98 Å². The number of pyridine rings is 1. The van der Waals surface area contributed by atoms with Crippen molar-refractivity contribution in [2.24, 2.45) is 7.05 Å². The zero-order valence-electron chi connectivity index (χ0n) is 17.6. The summed E-state index contributed by atoms with van der Waals surface area (Å²) in [5, 5.41) is 8.14. The van der Waals surface area contributed by atoms with Crippen molar-refractivity contribution in [1.29, 1.82) is 0 Å². The van der Waals surface area contributed by atoms with Gasteiger partial charge in [0.15, 0.2) is 11.6 Å². The van der Waals surface area contributed by atoms with E-state index in [-0.39, 0.29) is 6.04 Å². The van der Waals surface area contributed by atoms with Gasteiger partial charge in [-0.3, -0.25) is 9.55 Å². The van der Waals surface area contributed by atoms with E-state index in [4.69, 9.17) is 10.1 Å². The SMILES string of the molecule is Cn1cnc(-n2cnc(Nc3nc(N4CCC[C@H]4c4ccccn4)nn4cccc34)c2)c1. The average molecular weight is 426 g/mol. The molecule has 0 radical (unpaired) electrons. The minimum Gasteiger partial charge on any atom is -0.338 e. The number of aromatic nitrogens is 8. The number of anilines is 3. The topological polar surface area (TPSA) is 94.0 Å². The van der Waals surface area contributed by atoms with Crippen molar-refractivity contribution in [1.82, 2.24) is 38.7 Å². The lowest BCUT2D eigenvalue weighted by Crippen LogP contribution is -2.26. The molecule has 32 heavy (non-hydrogen) atoms. The summed E-state index contributed by atoms with van der Waals surface area (Å²) >= 11 is 0. The predicted octanol–water partition coefficient (Wildman–Crippen LogP) is 3.13. The van der Waals surface area contributed by atoms with E-state index in [2.05, 4.69) is 31.2 Å². The van der Waals surface area contributed by atoms with Gasteiger partial charge in [-0.25, -0.2) is 14.5 Å². The van der Waals surface area contributed by atoms with Crippen LogP contribution in [0.2, 0.25) is 0 Å². The molecule has 1 N–H and O–H groups in total. The highest BCUT2D eigenvalue weighted by molar-refractivity contribution is 5.73. The van der Waals surface area contributed by atoms with E-state index < -0.39 is 0 Å². The summed E-state index contributed by atoms with van der Waals surface area (Å²) in [7, 11) is 1.94. The van der Waals surface area contributed by atoms with E-state index >= 15 is 0 Å². The van der Waals surface area contributed by atoms with E-state index in [9.17, 15) is 0 Å². The number of aryl methyl sites for hydroxylation is 1. The normalized spacial score (nSPS) is 16.2. The lowest BCUT2D eigenvalue weighted by molar-refractivity contribution is 0.670. The van der Waals surface area contributed by atoms with Crippen LogP contribution >= 0.6 is 0 Å². The molecule has 0 saturated carbocycles. The molecule has 10 nitrogen and oxygen atoms in total. The van der Waals surface area contributed by atoms with Gasteiger partial charge in [0.2, 0.25) is 5.95 Å². The maximum Gasteiger partial charge on any atom is 0.246 e. The van der Waals surface area contributed by atoms with Crippen LogP contribution in [0.15, 0.2) is 67.8 Å². The van der Waals surface area contributed by atoms with Crippen molar-refractivity contribution in [3.05, 3.63) is 73.5 Å². The fourth-order valence-electron chi connectivity index (χ4n) is 4.19. The molecule has 5 aromatic heterocycles. The second-order valence-electron chi connectivity index (χ2n) is 7.89. The largest absolute Gasteiger partial charge is 0.338 e. The minimum absolute atomic E-state index is 0.167. The molecule has 1 atom stereocenters. The Hall–Kier alpha value is -4.21. The Bertz CT molecular complexity index is 1370. The molecular formula is C22H22N10. The minimum atomic E-state index is 0.167. The van der Waals surface area contributed by atoms with Gasteiger partial charge in [-0.05, 0) is 37.1 Å². The van der Waals surface area contributed by atoms with Crippen molar-refractivity contribution >= 4 is 23.1 Å². The maximum absolute atomic E-state index is 4.90. The molecule has 1 aliphatic rings. The van der Waals surface area contributed by atoms with Crippen LogP contribution in [-0.4, -0.2) is 45.2 Å². The molecule has 5 aromatic rings. The zero-order valence-corrected chi connectivity index (χ0v) is 17.6. The van der Waals surface area contributed by atoms with Crippen LogP contribution < -0.4 is 10.2 Å². The van der Waals surface area contributed by atoms with Gasteiger partial charge in [0, 0.05) is 32.2 Å². The molecule has 0 amide bonds. The molecule has 0 aromatic carbocycles. The Morgan fingerprint density at radius 3 is 2.84 bits per heavy atom. The monoisotopic (exact) mass is 426 g/mol. The smallest absolute Gasteiger partial charge is 0.246 e. The lowest BCUT2D eigenvalue weighted by atomic mass is 10.1. The van der Waals surface area contributed by atoms with Gasteiger partial charge < -0.3 is 14.8 Å². The molecule has 0 spiro atoms. The maximum atomic E-state index is 4.90. The molecule has 1 fully saturated rings. The summed E-state index contributed by atoms with van der Waals surface area (Å²) < 4.78 is 5.63. The molecule has 6 rings (SSSR count). The van der Waals surface area contributed by atoms with Crippen molar-refractivity contribution < 1.29 is 0 Å². The predicted molar refractivity (Wildman–Crippen MR) is 120 cm³/mol. The summed E-state index contributed by atoms with van der Waals surface area (Å²) in [4.78, 5) is 20.6. The van der Waals surface area contributed by atoms with Crippen molar-refractivity contribution in [2.75, 3.05) is 16.8 Å². The zero-order chi connectivity index (χ0) is 21.5. The second-order valence-corrected chi connectivity index (χ2v) is 7.89. The molecule has 1 aliphatic heterocycles. The third kappa shape index (κ3) is 3.25. The summed E-state index contributed by atoms with van der Waals surface area (Å²) in [6.45, 7) is 0.891. The number of hydrogen-bond acceptors (Lipinski definition) is 7. The lowest BCUT2D eigenvalue weighted by Gasteiger charge is -2.24. The fourth-order valence-corrected chi connectivity index (χ4v) is 4.19. The van der Waals surface area contributed by atoms with E-state index in [0.29, 0.717) is 17.6 Å². The highest BCUT2D eigenvalue weighted by Gasteiger charge is 2.30. The van der Waals surface area contributed by atoms with Crippen LogP contribution in [0.3, 0.4) is 0 Å². The molecule has 6 heterocycles. The Balaban J connectivity index is 1.34. The van der Waals surface area contributed by atoms with Crippen LogP contribution in [0, 0.1) is 0 Å². The summed E-state index contributed by atoms with van der Waals surface area (Å²) in [6.07, 6.45) is 13.2. The summed E-state index contributed by atoms with van der Waals surface area (Å²) in [5.74, 6) is 2.87. The third-order valence-electron chi connectivity index (χ3n) is 5.70. The first-order chi connectivity index (χ1) is 15.7. The van der Waals surface area contributed by atoms with Crippen LogP contribution in [0.5, 0.6) is 0 Å². The molecule has 0 bridgehead atoms. The molecule has 160 valence electrons. The number of rotatable bonds is 5. The van der Waals surface area contributed by atoms with Crippen LogP contribution in [0.1, 0.15) is 24.6 Å². The highest BCUT2D eigenvalue weighted by atomic mass is 15.4. The van der Waals surface area contributed by atoms with E-state index in [1.165, 1.54) is 0 Å². The average Bonchev–Trinajstić information content (AvgIpc) is 3.60. The Labute approximate surface area is 184 Å². The van der Waals surface area contributed by atoms with Crippen molar-refractivity contribution in [3.8, 4) is 5.82 Å². The van der Waals surface area contributed by atoms with Gasteiger partial charge >= 0.3 is 0 Å². The van der Waals surface area contributed by atoms with Crippen molar-refractivity contribution in [3.63, 3.8) is 0 Å². The van der Waals surface area contributed by atoms with Crippen LogP contribution in [-0.2, 0) is 7.05 Å². The highest BCUT2D eigenvalue weighted by Crippen LogP contribution is 2.34. The first kappa shape index (κ1) is 18.6. The second kappa shape index (κ2) is 7.49. The van der Waals surface area contributed by atoms with Gasteiger partial charge in [0.1, 0.15) is 17.7 Å². The molecule has 0 unspecified atom stereocenters. The molecule has 10 heteroatoms. The fraction of sp³-hybridized carbons (Fsp3) is 0.227. The first-order valence-corrected chi connectivity index (χ1v) is 10.6. The molecule has 0 aliphatic carbocycles. The van der Waals surface area contributed by atoms with Crippen LogP contribution in [0.4, 0.5) is 17.6 Å². The number of nitrogens with zero attached hydrogens (tertiary/aromatic N) is 9. The number of hydrogen-bond donors (Lipinski definition) is 1. The van der Waals surface area contributed by atoms with Gasteiger partial charge in [-0.1, -0.05) is 6.07 Å². The standard InChI is InChI=1S/C22H22N10/c1-29-13-20(25-14-29)30-12-19(24-15-30)26-21-18-8-5-11-32(18)28-22(27-21)31-10-4-7-17(31)16-6-2-3-9-23-16/h2-3,5-6,8-9,11-15,17H,4,7,10H2,1H3,(H,26,27,28)/t17-/m0/s1. The first-order valence-electron chi connectivity index (χ1n) is 10.6. The Morgan fingerprint density at radius 2 is 2.00 bits per heavy atom. The molecular weight excluding hydrogens is 404 g/mol. The Kier molecular flexibility index (Phi) is 4.34. The summed E-state index contributed by atoms with van der Waals surface area (Å²) in [6, 6.07) is 10.2. The number of imidazole rings is 2. The van der Waals surface area contributed by atoms with Crippen molar-refractivity contribution in [2.45, 2.75) is 18.9 Å². The van der Waals surface area contributed by atoms with Gasteiger partial charge in [0.25, 0.3) is 0 Å². The van der Waals surface area contributed by atoms with E-state index in [1.807, 2.05) is 69.8 Å². The quantitative estimate of drug-likeness (QED) is 0.461. The third-order valence-corrected chi connectivity index (χ3v) is 5.70. The van der Waals surface area contributed by atoms with E-state index in [1.54, 1.807) is 12.7 Å².